The summed E-state index contributed by atoms with van der Waals surface area (Å²) in [4.78, 5) is 4.59. The Bertz CT molecular complexity index is 1210. The largest absolute Gasteiger partial charge is 0.454 e. The Kier molecular flexibility index (Phi) is 5.22. The normalized spacial score (nSPS) is 13.0. The van der Waals surface area contributed by atoms with Crippen molar-refractivity contribution in [3.8, 4) is 11.5 Å². The molecule has 7 heteroatoms. The van der Waals surface area contributed by atoms with Crippen molar-refractivity contribution in [2.24, 2.45) is 4.99 Å². The molecule has 1 heterocycles. The molecule has 3 aromatic carbocycles. The molecular formula is C23H22N2O4S. The van der Waals surface area contributed by atoms with Crippen LogP contribution in [0.5, 0.6) is 11.5 Å². The van der Waals surface area contributed by atoms with Gasteiger partial charge in [-0.3, -0.25) is 9.71 Å². The number of sulfonamides is 1. The maximum atomic E-state index is 12.8. The van der Waals surface area contributed by atoms with E-state index >= 15 is 0 Å². The van der Waals surface area contributed by atoms with Crippen molar-refractivity contribution >= 4 is 27.6 Å². The van der Waals surface area contributed by atoms with Crippen LogP contribution in [-0.2, 0) is 10.0 Å². The molecule has 0 saturated carbocycles. The number of nitrogens with zero attached hydrogens (tertiary/aromatic N) is 1. The van der Waals surface area contributed by atoms with E-state index in [4.69, 9.17) is 9.47 Å². The molecule has 0 bridgehead atoms. The van der Waals surface area contributed by atoms with Crippen molar-refractivity contribution < 1.29 is 17.9 Å². The SMILES string of the molecule is Cc1cc(C)c(NS(=O)(=O)c2ccc(N=Cc3ccc4c(c3)OCO4)cc2)c(C)c1. The van der Waals surface area contributed by atoms with Gasteiger partial charge in [0.2, 0.25) is 6.79 Å². The van der Waals surface area contributed by atoms with E-state index in [-0.39, 0.29) is 11.7 Å². The number of ether oxygens (including phenoxy) is 2. The van der Waals surface area contributed by atoms with E-state index in [0.717, 1.165) is 22.3 Å². The van der Waals surface area contributed by atoms with Crippen LogP contribution in [-0.4, -0.2) is 21.4 Å². The molecule has 0 saturated heterocycles. The maximum Gasteiger partial charge on any atom is 0.261 e. The molecule has 6 nitrogen and oxygen atoms in total. The van der Waals surface area contributed by atoms with Gasteiger partial charge in [-0.2, -0.15) is 0 Å². The number of fused-ring (bicyclic) bond motifs is 1. The molecule has 0 aliphatic carbocycles. The van der Waals surface area contributed by atoms with E-state index in [9.17, 15) is 8.42 Å². The average Bonchev–Trinajstić information content (AvgIpc) is 3.17. The molecule has 0 unspecified atom stereocenters. The summed E-state index contributed by atoms with van der Waals surface area (Å²) >= 11 is 0. The van der Waals surface area contributed by atoms with Crippen LogP contribution < -0.4 is 14.2 Å². The lowest BCUT2D eigenvalue weighted by Gasteiger charge is -2.14. The van der Waals surface area contributed by atoms with Crippen molar-refractivity contribution in [2.45, 2.75) is 25.7 Å². The zero-order chi connectivity index (χ0) is 21.3. The number of aliphatic imine (C=N–C) groups is 1. The van der Waals surface area contributed by atoms with Gasteiger partial charge < -0.3 is 9.47 Å². The van der Waals surface area contributed by atoms with Crippen LogP contribution in [0.3, 0.4) is 0 Å². The molecular weight excluding hydrogens is 400 g/mol. The Morgan fingerprint density at radius 1 is 0.900 bits per heavy atom. The molecule has 0 radical (unpaired) electrons. The van der Waals surface area contributed by atoms with Gasteiger partial charge in [0.25, 0.3) is 10.0 Å². The number of rotatable bonds is 5. The Morgan fingerprint density at radius 2 is 1.57 bits per heavy atom. The number of aryl methyl sites for hydroxylation is 3. The predicted molar refractivity (Wildman–Crippen MR) is 118 cm³/mol. The fourth-order valence-corrected chi connectivity index (χ4v) is 4.59. The minimum absolute atomic E-state index is 0.184. The quantitative estimate of drug-likeness (QED) is 0.594. The van der Waals surface area contributed by atoms with Gasteiger partial charge in [0.05, 0.1) is 16.3 Å². The Balaban J connectivity index is 1.51. The Morgan fingerprint density at radius 3 is 2.27 bits per heavy atom. The highest BCUT2D eigenvalue weighted by Gasteiger charge is 2.17. The molecule has 154 valence electrons. The second kappa shape index (κ2) is 7.84. The number of hydrogen-bond acceptors (Lipinski definition) is 5. The summed E-state index contributed by atoms with van der Waals surface area (Å²) in [6.45, 7) is 6.00. The van der Waals surface area contributed by atoms with Crippen LogP contribution in [0.4, 0.5) is 11.4 Å². The zero-order valence-electron chi connectivity index (χ0n) is 17.0. The topological polar surface area (TPSA) is 77.0 Å². The minimum Gasteiger partial charge on any atom is -0.454 e. The molecule has 1 aliphatic rings. The molecule has 0 fully saturated rings. The van der Waals surface area contributed by atoms with Gasteiger partial charge in [-0.15, -0.1) is 0 Å². The fourth-order valence-electron chi connectivity index (χ4n) is 3.39. The Hall–Kier alpha value is -3.32. The molecule has 0 aromatic heterocycles. The van der Waals surface area contributed by atoms with Crippen LogP contribution in [0.1, 0.15) is 22.3 Å². The van der Waals surface area contributed by atoms with Crippen molar-refractivity contribution in [1.82, 2.24) is 0 Å². The summed E-state index contributed by atoms with van der Waals surface area (Å²) in [6, 6.07) is 15.9. The van der Waals surface area contributed by atoms with Gasteiger partial charge in [0.15, 0.2) is 11.5 Å². The Labute approximate surface area is 176 Å². The second-order valence-electron chi connectivity index (χ2n) is 7.24. The number of hydrogen-bond donors (Lipinski definition) is 1. The van der Waals surface area contributed by atoms with Crippen LogP contribution in [0.15, 0.2) is 64.5 Å². The van der Waals surface area contributed by atoms with Crippen LogP contribution in [0.2, 0.25) is 0 Å². The smallest absolute Gasteiger partial charge is 0.261 e. The van der Waals surface area contributed by atoms with Gasteiger partial charge in [-0.25, -0.2) is 8.42 Å². The third-order valence-electron chi connectivity index (χ3n) is 4.82. The highest BCUT2D eigenvalue weighted by Crippen LogP contribution is 2.32. The van der Waals surface area contributed by atoms with Crippen molar-refractivity contribution in [3.05, 3.63) is 76.9 Å². The van der Waals surface area contributed by atoms with Gasteiger partial charge in [0, 0.05) is 6.21 Å². The number of benzene rings is 3. The third-order valence-corrected chi connectivity index (χ3v) is 6.19. The summed E-state index contributed by atoms with van der Waals surface area (Å²) in [5.41, 5.74) is 5.00. The van der Waals surface area contributed by atoms with Crippen LogP contribution in [0, 0.1) is 20.8 Å². The van der Waals surface area contributed by atoms with Crippen molar-refractivity contribution in [2.75, 3.05) is 11.5 Å². The summed E-state index contributed by atoms with van der Waals surface area (Å²) in [5, 5.41) is 0. The lowest BCUT2D eigenvalue weighted by atomic mass is 10.1. The lowest BCUT2D eigenvalue weighted by Crippen LogP contribution is -2.14. The van der Waals surface area contributed by atoms with Crippen molar-refractivity contribution in [1.29, 1.82) is 0 Å². The minimum atomic E-state index is -3.69. The molecule has 0 spiro atoms. The first-order valence-corrected chi connectivity index (χ1v) is 10.9. The first-order chi connectivity index (χ1) is 14.3. The lowest BCUT2D eigenvalue weighted by molar-refractivity contribution is 0.174. The summed E-state index contributed by atoms with van der Waals surface area (Å²) in [6.07, 6.45) is 1.70. The average molecular weight is 423 g/mol. The van der Waals surface area contributed by atoms with E-state index in [1.54, 1.807) is 30.5 Å². The molecule has 1 N–H and O–H groups in total. The maximum absolute atomic E-state index is 12.8. The molecule has 4 rings (SSSR count). The number of anilines is 1. The highest BCUT2D eigenvalue weighted by atomic mass is 32.2. The predicted octanol–water partition coefficient (Wildman–Crippen LogP) is 4.89. The molecule has 3 aromatic rings. The third kappa shape index (κ3) is 4.16. The monoisotopic (exact) mass is 422 g/mol. The summed E-state index contributed by atoms with van der Waals surface area (Å²) in [5.74, 6) is 1.40. The van der Waals surface area contributed by atoms with Crippen LogP contribution in [0.25, 0.3) is 0 Å². The highest BCUT2D eigenvalue weighted by molar-refractivity contribution is 7.92. The first kappa shape index (κ1) is 20.0. The van der Waals surface area contributed by atoms with E-state index < -0.39 is 10.0 Å². The summed E-state index contributed by atoms with van der Waals surface area (Å²) < 4.78 is 39.0. The van der Waals surface area contributed by atoms with Gasteiger partial charge in [-0.05, 0) is 79.9 Å². The van der Waals surface area contributed by atoms with E-state index in [2.05, 4.69) is 9.71 Å². The first-order valence-electron chi connectivity index (χ1n) is 9.46. The zero-order valence-corrected chi connectivity index (χ0v) is 17.8. The second-order valence-corrected chi connectivity index (χ2v) is 8.93. The molecule has 0 amide bonds. The number of nitrogens with one attached hydrogen (secondary N) is 1. The van der Waals surface area contributed by atoms with Crippen LogP contribution >= 0.6 is 0 Å². The molecule has 1 aliphatic heterocycles. The fraction of sp³-hybridized carbons (Fsp3) is 0.174. The van der Waals surface area contributed by atoms with E-state index in [1.807, 2.05) is 51.1 Å². The van der Waals surface area contributed by atoms with Gasteiger partial charge >= 0.3 is 0 Å². The molecule has 30 heavy (non-hydrogen) atoms. The molecule has 0 atom stereocenters. The van der Waals surface area contributed by atoms with Gasteiger partial charge in [0.1, 0.15) is 0 Å². The van der Waals surface area contributed by atoms with E-state index in [1.165, 1.54) is 0 Å². The summed E-state index contributed by atoms with van der Waals surface area (Å²) in [7, 11) is -3.69. The van der Waals surface area contributed by atoms with Crippen molar-refractivity contribution in [3.63, 3.8) is 0 Å². The van der Waals surface area contributed by atoms with E-state index in [0.29, 0.717) is 22.9 Å². The van der Waals surface area contributed by atoms with Gasteiger partial charge in [-0.1, -0.05) is 17.7 Å². The standard InChI is InChI=1S/C23H22N2O4S/c1-15-10-16(2)23(17(3)11-15)25-30(26,27)20-7-5-19(6-8-20)24-13-18-4-9-21-22(12-18)29-14-28-21/h4-13,25H,14H2,1-3H3.